The molecule has 0 aliphatic rings. The number of pyridine rings is 1. The summed E-state index contributed by atoms with van der Waals surface area (Å²) in [7, 11) is 2.13. The average Bonchev–Trinajstić information content (AvgIpc) is 2.45. The van der Waals surface area contributed by atoms with Crippen LogP contribution in [0, 0.1) is 6.92 Å². The van der Waals surface area contributed by atoms with Crippen molar-refractivity contribution < 1.29 is 0 Å². The van der Waals surface area contributed by atoms with Gasteiger partial charge in [-0.15, -0.1) is 0 Å². The van der Waals surface area contributed by atoms with Gasteiger partial charge in [-0.1, -0.05) is 24.3 Å². The van der Waals surface area contributed by atoms with Crippen molar-refractivity contribution in [3.63, 3.8) is 0 Å². The van der Waals surface area contributed by atoms with Crippen LogP contribution in [0.15, 0.2) is 48.8 Å². The Hall–Kier alpha value is -1.87. The van der Waals surface area contributed by atoms with Crippen LogP contribution in [-0.4, -0.2) is 25.1 Å². The number of benzene rings is 1. The molecule has 0 saturated heterocycles. The van der Waals surface area contributed by atoms with E-state index in [0.29, 0.717) is 0 Å². The number of nitrogens with one attached hydrogen (secondary N) is 1. The Balaban J connectivity index is 1.76. The molecule has 2 aromatic rings. The van der Waals surface area contributed by atoms with Crippen molar-refractivity contribution in [1.82, 2.24) is 10.3 Å². The van der Waals surface area contributed by atoms with E-state index in [4.69, 9.17) is 0 Å². The fraction of sp³-hybridized carbons (Fsp3) is 0.312. The monoisotopic (exact) mass is 255 g/mol. The normalized spacial score (nSPS) is 10.4. The summed E-state index contributed by atoms with van der Waals surface area (Å²) < 4.78 is 0. The molecule has 0 fully saturated rings. The first-order valence-corrected chi connectivity index (χ1v) is 6.64. The number of likely N-dealkylation sites (N-methyl/N-ethyl adjacent to an activating group) is 1. The van der Waals surface area contributed by atoms with E-state index in [-0.39, 0.29) is 0 Å². The Morgan fingerprint density at radius 1 is 1.16 bits per heavy atom. The average molecular weight is 255 g/mol. The van der Waals surface area contributed by atoms with Crippen LogP contribution in [0.2, 0.25) is 0 Å². The van der Waals surface area contributed by atoms with Gasteiger partial charge in [0.2, 0.25) is 0 Å². The highest BCUT2D eigenvalue weighted by atomic mass is 15.1. The number of hydrogen-bond donors (Lipinski definition) is 1. The Morgan fingerprint density at radius 2 is 2.00 bits per heavy atom. The molecule has 3 heteroatoms. The van der Waals surface area contributed by atoms with Gasteiger partial charge in [0.25, 0.3) is 0 Å². The third-order valence-corrected chi connectivity index (χ3v) is 3.20. The zero-order chi connectivity index (χ0) is 13.5. The number of nitrogens with zero attached hydrogens (tertiary/aromatic N) is 2. The van der Waals surface area contributed by atoms with Crippen LogP contribution >= 0.6 is 0 Å². The minimum absolute atomic E-state index is 0.870. The first-order valence-electron chi connectivity index (χ1n) is 6.64. The highest BCUT2D eigenvalue weighted by molar-refractivity contribution is 5.52. The standard InChI is InChI=1S/C16H21N3/c1-14-6-3-4-8-16(14)19(2)11-10-18-13-15-7-5-9-17-12-15/h3-9,12,18H,10-11,13H2,1-2H3. The fourth-order valence-electron chi connectivity index (χ4n) is 2.09. The molecule has 0 radical (unpaired) electrons. The van der Waals surface area contributed by atoms with Crippen LogP contribution in [-0.2, 0) is 6.54 Å². The van der Waals surface area contributed by atoms with Crippen molar-refractivity contribution in [2.24, 2.45) is 0 Å². The quantitative estimate of drug-likeness (QED) is 0.804. The molecule has 1 aromatic carbocycles. The lowest BCUT2D eigenvalue weighted by Crippen LogP contribution is -2.29. The molecule has 1 N–H and O–H groups in total. The Bertz CT molecular complexity index is 496. The number of anilines is 1. The largest absolute Gasteiger partial charge is 0.373 e. The van der Waals surface area contributed by atoms with E-state index in [9.17, 15) is 0 Å². The molecule has 0 aliphatic heterocycles. The van der Waals surface area contributed by atoms with Gasteiger partial charge in [0, 0.05) is 44.8 Å². The lowest BCUT2D eigenvalue weighted by molar-refractivity contribution is 0.677. The number of aryl methyl sites for hydroxylation is 1. The van der Waals surface area contributed by atoms with E-state index in [2.05, 4.69) is 59.5 Å². The van der Waals surface area contributed by atoms with Crippen LogP contribution in [0.1, 0.15) is 11.1 Å². The summed E-state index contributed by atoms with van der Waals surface area (Å²) in [6.45, 7) is 4.97. The van der Waals surface area contributed by atoms with Gasteiger partial charge in [-0.2, -0.15) is 0 Å². The van der Waals surface area contributed by atoms with Gasteiger partial charge >= 0.3 is 0 Å². The highest BCUT2D eigenvalue weighted by Gasteiger charge is 2.02. The molecule has 0 aliphatic carbocycles. The number of aromatic nitrogens is 1. The molecule has 0 saturated carbocycles. The summed E-state index contributed by atoms with van der Waals surface area (Å²) in [5.74, 6) is 0. The van der Waals surface area contributed by atoms with Crippen molar-refractivity contribution >= 4 is 5.69 Å². The van der Waals surface area contributed by atoms with Crippen molar-refractivity contribution in [3.05, 3.63) is 59.9 Å². The number of rotatable bonds is 6. The van der Waals surface area contributed by atoms with Crippen LogP contribution in [0.5, 0.6) is 0 Å². The topological polar surface area (TPSA) is 28.2 Å². The second-order valence-corrected chi connectivity index (χ2v) is 4.75. The van der Waals surface area contributed by atoms with Crippen molar-refractivity contribution in [2.75, 3.05) is 25.0 Å². The molecular weight excluding hydrogens is 234 g/mol. The molecule has 3 nitrogen and oxygen atoms in total. The zero-order valence-corrected chi connectivity index (χ0v) is 11.6. The van der Waals surface area contributed by atoms with E-state index in [1.54, 1.807) is 6.20 Å². The summed E-state index contributed by atoms with van der Waals surface area (Å²) in [4.78, 5) is 6.39. The SMILES string of the molecule is Cc1ccccc1N(C)CCNCc1cccnc1. The Labute approximate surface area is 115 Å². The predicted molar refractivity (Wildman–Crippen MR) is 80.4 cm³/mol. The van der Waals surface area contributed by atoms with Crippen LogP contribution in [0.3, 0.4) is 0 Å². The Morgan fingerprint density at radius 3 is 2.74 bits per heavy atom. The second-order valence-electron chi connectivity index (χ2n) is 4.75. The smallest absolute Gasteiger partial charge is 0.0393 e. The molecule has 2 rings (SSSR count). The van der Waals surface area contributed by atoms with E-state index in [1.165, 1.54) is 16.8 Å². The number of hydrogen-bond acceptors (Lipinski definition) is 3. The summed E-state index contributed by atoms with van der Waals surface area (Å²) in [6, 6.07) is 12.5. The van der Waals surface area contributed by atoms with Gasteiger partial charge < -0.3 is 10.2 Å². The zero-order valence-electron chi connectivity index (χ0n) is 11.6. The molecule has 0 spiro atoms. The maximum absolute atomic E-state index is 4.11. The first kappa shape index (κ1) is 13.6. The molecule has 0 atom stereocenters. The van der Waals surface area contributed by atoms with E-state index in [0.717, 1.165) is 19.6 Å². The van der Waals surface area contributed by atoms with Crippen LogP contribution in [0.25, 0.3) is 0 Å². The summed E-state index contributed by atoms with van der Waals surface area (Å²) in [6.07, 6.45) is 3.70. The first-order chi connectivity index (χ1) is 9.27. The highest BCUT2D eigenvalue weighted by Crippen LogP contribution is 2.16. The van der Waals surface area contributed by atoms with Gasteiger partial charge in [0.15, 0.2) is 0 Å². The van der Waals surface area contributed by atoms with E-state index >= 15 is 0 Å². The van der Waals surface area contributed by atoms with Crippen molar-refractivity contribution in [1.29, 1.82) is 0 Å². The van der Waals surface area contributed by atoms with Gasteiger partial charge in [-0.25, -0.2) is 0 Å². The minimum atomic E-state index is 0.870. The fourth-order valence-corrected chi connectivity index (χ4v) is 2.09. The lowest BCUT2D eigenvalue weighted by Gasteiger charge is -2.21. The van der Waals surface area contributed by atoms with Crippen LogP contribution < -0.4 is 10.2 Å². The third-order valence-electron chi connectivity index (χ3n) is 3.20. The van der Waals surface area contributed by atoms with Crippen molar-refractivity contribution in [3.8, 4) is 0 Å². The predicted octanol–water partition coefficient (Wildman–Crippen LogP) is 2.62. The molecule has 100 valence electrons. The molecular formula is C16H21N3. The molecule has 0 bridgehead atoms. The minimum Gasteiger partial charge on any atom is -0.373 e. The number of para-hydroxylation sites is 1. The summed E-state index contributed by atoms with van der Waals surface area (Å²) >= 11 is 0. The second kappa shape index (κ2) is 6.90. The lowest BCUT2D eigenvalue weighted by atomic mass is 10.2. The Kier molecular flexibility index (Phi) is 4.93. The maximum Gasteiger partial charge on any atom is 0.0393 e. The molecule has 1 aromatic heterocycles. The molecule has 0 unspecified atom stereocenters. The van der Waals surface area contributed by atoms with Crippen LogP contribution in [0.4, 0.5) is 5.69 Å². The van der Waals surface area contributed by atoms with E-state index < -0.39 is 0 Å². The molecule has 19 heavy (non-hydrogen) atoms. The van der Waals surface area contributed by atoms with Gasteiger partial charge in [0.1, 0.15) is 0 Å². The van der Waals surface area contributed by atoms with E-state index in [1.807, 2.05) is 12.3 Å². The molecule has 0 amide bonds. The summed E-state index contributed by atoms with van der Waals surface area (Å²) in [5, 5.41) is 3.44. The third kappa shape index (κ3) is 4.07. The molecule has 1 heterocycles. The van der Waals surface area contributed by atoms with Gasteiger partial charge in [-0.05, 0) is 30.2 Å². The maximum atomic E-state index is 4.11. The van der Waals surface area contributed by atoms with Gasteiger partial charge in [0.05, 0.1) is 0 Å². The summed E-state index contributed by atoms with van der Waals surface area (Å²) in [5.41, 5.74) is 3.84. The van der Waals surface area contributed by atoms with Crippen molar-refractivity contribution in [2.45, 2.75) is 13.5 Å². The van der Waals surface area contributed by atoms with Gasteiger partial charge in [-0.3, -0.25) is 4.98 Å².